The highest BCUT2D eigenvalue weighted by molar-refractivity contribution is 7.09. The van der Waals surface area contributed by atoms with Crippen molar-refractivity contribution < 1.29 is 18.7 Å². The molecule has 0 atom stereocenters. The van der Waals surface area contributed by atoms with Gasteiger partial charge in [-0.05, 0) is 60.0 Å². The molecule has 2 aromatic carbocycles. The number of anilines is 1. The number of nitrogens with zero attached hydrogens (tertiary/aromatic N) is 1. The van der Waals surface area contributed by atoms with E-state index in [0.29, 0.717) is 23.7 Å². The molecule has 6 heteroatoms. The third-order valence-corrected chi connectivity index (χ3v) is 4.62. The first kappa shape index (κ1) is 17.9. The molecule has 26 heavy (non-hydrogen) atoms. The molecule has 3 aromatic rings. The summed E-state index contributed by atoms with van der Waals surface area (Å²) < 4.78 is 23.9. The predicted molar refractivity (Wildman–Crippen MR) is 100 cm³/mol. The second-order valence-electron chi connectivity index (χ2n) is 5.50. The first-order valence-electron chi connectivity index (χ1n) is 8.01. The number of benzene rings is 2. The second kappa shape index (κ2) is 8.49. The van der Waals surface area contributed by atoms with E-state index in [-0.39, 0.29) is 18.3 Å². The molecule has 0 aliphatic carbocycles. The number of amides is 1. The average molecular weight is 371 g/mol. The quantitative estimate of drug-likeness (QED) is 0.613. The summed E-state index contributed by atoms with van der Waals surface area (Å²) in [5, 5.41) is 1.95. The number of hydrogen-bond donors (Lipinski definition) is 0. The second-order valence-corrected chi connectivity index (χ2v) is 6.53. The van der Waals surface area contributed by atoms with Crippen LogP contribution in [0.4, 0.5) is 10.1 Å². The van der Waals surface area contributed by atoms with E-state index in [4.69, 9.17) is 9.47 Å². The maximum Gasteiger partial charge on any atom is 0.265 e. The third-order valence-electron chi connectivity index (χ3n) is 3.76. The monoisotopic (exact) mass is 371 g/mol. The molecule has 134 valence electrons. The Morgan fingerprint density at radius 2 is 1.73 bits per heavy atom. The highest BCUT2D eigenvalue weighted by Gasteiger charge is 2.17. The van der Waals surface area contributed by atoms with Crippen LogP contribution in [0.1, 0.15) is 4.88 Å². The smallest absolute Gasteiger partial charge is 0.265 e. The number of methoxy groups -OCH3 is 1. The van der Waals surface area contributed by atoms with Gasteiger partial charge in [0.15, 0.2) is 6.61 Å². The van der Waals surface area contributed by atoms with Gasteiger partial charge in [-0.15, -0.1) is 11.3 Å². The average Bonchev–Trinajstić information content (AvgIpc) is 3.19. The number of hydrogen-bond acceptors (Lipinski definition) is 4. The van der Waals surface area contributed by atoms with Gasteiger partial charge >= 0.3 is 0 Å². The summed E-state index contributed by atoms with van der Waals surface area (Å²) in [6.45, 7) is 0.295. The zero-order valence-corrected chi connectivity index (χ0v) is 15.0. The lowest BCUT2D eigenvalue weighted by molar-refractivity contribution is -0.120. The van der Waals surface area contributed by atoms with Crippen molar-refractivity contribution >= 4 is 22.9 Å². The van der Waals surface area contributed by atoms with Crippen molar-refractivity contribution in [1.82, 2.24) is 0 Å². The Bertz CT molecular complexity index is 833. The number of carbonyl (C=O) groups excluding carboxylic acids is 1. The van der Waals surface area contributed by atoms with Crippen LogP contribution >= 0.6 is 11.3 Å². The Balaban J connectivity index is 1.72. The van der Waals surface area contributed by atoms with Gasteiger partial charge in [-0.3, -0.25) is 4.79 Å². The number of thiophene rings is 1. The lowest BCUT2D eigenvalue weighted by Crippen LogP contribution is -2.34. The zero-order valence-electron chi connectivity index (χ0n) is 14.2. The van der Waals surface area contributed by atoms with Gasteiger partial charge in [0.2, 0.25) is 0 Å². The van der Waals surface area contributed by atoms with Crippen molar-refractivity contribution in [2.75, 3.05) is 18.6 Å². The molecule has 0 radical (unpaired) electrons. The third kappa shape index (κ3) is 4.61. The van der Waals surface area contributed by atoms with Gasteiger partial charge in [-0.2, -0.15) is 0 Å². The van der Waals surface area contributed by atoms with Crippen LogP contribution in [0.2, 0.25) is 0 Å². The maximum absolute atomic E-state index is 13.2. The highest BCUT2D eigenvalue weighted by atomic mass is 32.1. The van der Waals surface area contributed by atoms with Gasteiger partial charge in [0.25, 0.3) is 5.91 Å². The van der Waals surface area contributed by atoms with Crippen LogP contribution in [0.15, 0.2) is 66.0 Å². The van der Waals surface area contributed by atoms with Crippen molar-refractivity contribution in [2.24, 2.45) is 0 Å². The molecule has 0 bridgehead atoms. The fourth-order valence-corrected chi connectivity index (χ4v) is 3.09. The van der Waals surface area contributed by atoms with Crippen molar-refractivity contribution in [2.45, 2.75) is 6.54 Å². The molecule has 1 aromatic heterocycles. The Morgan fingerprint density at radius 1 is 1.04 bits per heavy atom. The van der Waals surface area contributed by atoms with E-state index in [9.17, 15) is 9.18 Å². The highest BCUT2D eigenvalue weighted by Crippen LogP contribution is 2.21. The first-order chi connectivity index (χ1) is 12.7. The number of carbonyl (C=O) groups is 1. The molecule has 4 nitrogen and oxygen atoms in total. The van der Waals surface area contributed by atoms with Crippen LogP contribution in [-0.2, 0) is 11.3 Å². The fourth-order valence-electron chi connectivity index (χ4n) is 2.40. The summed E-state index contributed by atoms with van der Waals surface area (Å²) in [6, 6.07) is 16.8. The van der Waals surface area contributed by atoms with Crippen molar-refractivity contribution in [1.29, 1.82) is 0 Å². The van der Waals surface area contributed by atoms with Gasteiger partial charge in [0.1, 0.15) is 17.3 Å². The molecule has 0 N–H and O–H groups in total. The van der Waals surface area contributed by atoms with Gasteiger partial charge in [0, 0.05) is 10.6 Å². The lowest BCUT2D eigenvalue weighted by Gasteiger charge is -2.22. The van der Waals surface area contributed by atoms with E-state index in [1.165, 1.54) is 12.1 Å². The van der Waals surface area contributed by atoms with Gasteiger partial charge in [-0.1, -0.05) is 6.07 Å². The molecule has 0 aliphatic rings. The number of halogens is 1. The molecule has 0 unspecified atom stereocenters. The van der Waals surface area contributed by atoms with E-state index in [2.05, 4.69) is 0 Å². The lowest BCUT2D eigenvalue weighted by atomic mass is 10.2. The summed E-state index contributed by atoms with van der Waals surface area (Å²) in [7, 11) is 1.59. The predicted octanol–water partition coefficient (Wildman–Crippen LogP) is 4.51. The fraction of sp³-hybridized carbons (Fsp3) is 0.150. The van der Waals surface area contributed by atoms with E-state index >= 15 is 0 Å². The normalized spacial score (nSPS) is 10.4. The van der Waals surface area contributed by atoms with Crippen LogP contribution in [0.3, 0.4) is 0 Å². The Morgan fingerprint density at radius 3 is 2.35 bits per heavy atom. The maximum atomic E-state index is 13.2. The van der Waals surface area contributed by atoms with Crippen LogP contribution in [0.5, 0.6) is 11.5 Å². The largest absolute Gasteiger partial charge is 0.497 e. The molecule has 0 aliphatic heterocycles. The molecule has 0 saturated heterocycles. The molecular formula is C20H18FNO3S. The molecular weight excluding hydrogens is 353 g/mol. The van der Waals surface area contributed by atoms with Crippen molar-refractivity contribution in [3.05, 3.63) is 76.7 Å². The van der Waals surface area contributed by atoms with Crippen molar-refractivity contribution in [3.63, 3.8) is 0 Å². The summed E-state index contributed by atoms with van der Waals surface area (Å²) >= 11 is 1.56. The van der Waals surface area contributed by atoms with Crippen LogP contribution < -0.4 is 14.4 Å². The summed E-state index contributed by atoms with van der Waals surface area (Å²) in [4.78, 5) is 15.4. The van der Waals surface area contributed by atoms with Crippen LogP contribution in [0, 0.1) is 5.82 Å². The molecule has 3 rings (SSSR count). The van der Waals surface area contributed by atoms with E-state index in [1.807, 2.05) is 17.5 Å². The molecule has 1 heterocycles. The Kier molecular flexibility index (Phi) is 5.86. The van der Waals surface area contributed by atoms with Gasteiger partial charge in [-0.25, -0.2) is 4.39 Å². The van der Waals surface area contributed by atoms with Crippen LogP contribution in [-0.4, -0.2) is 19.6 Å². The Hall–Kier alpha value is -2.86. The number of ether oxygens (including phenoxy) is 2. The van der Waals surface area contributed by atoms with Gasteiger partial charge < -0.3 is 14.4 Å². The minimum atomic E-state index is -0.341. The molecule has 0 saturated carbocycles. The van der Waals surface area contributed by atoms with E-state index < -0.39 is 0 Å². The summed E-state index contributed by atoms with van der Waals surface area (Å²) in [5.41, 5.74) is 0.628. The molecule has 0 fully saturated rings. The van der Waals surface area contributed by atoms with Gasteiger partial charge in [0.05, 0.1) is 13.7 Å². The van der Waals surface area contributed by atoms with Crippen molar-refractivity contribution in [3.8, 4) is 11.5 Å². The zero-order chi connectivity index (χ0) is 18.4. The van der Waals surface area contributed by atoms with E-state index in [1.54, 1.807) is 59.7 Å². The topological polar surface area (TPSA) is 38.8 Å². The van der Waals surface area contributed by atoms with E-state index in [0.717, 1.165) is 4.88 Å². The SMILES string of the molecule is COc1ccc(OCC(=O)N(Cc2cccs2)c2ccc(F)cc2)cc1. The standard InChI is InChI=1S/C20H18FNO3S/c1-24-17-8-10-18(11-9-17)25-14-20(23)22(13-19-3-2-12-26-19)16-6-4-15(21)5-7-16/h2-12H,13-14H2,1H3. The molecule has 1 amide bonds. The summed E-state index contributed by atoms with van der Waals surface area (Å²) in [6.07, 6.45) is 0. The first-order valence-corrected chi connectivity index (χ1v) is 8.89. The minimum absolute atomic E-state index is 0.116. The summed E-state index contributed by atoms with van der Waals surface area (Å²) in [5.74, 6) is 0.747. The molecule has 0 spiro atoms. The van der Waals surface area contributed by atoms with Crippen LogP contribution in [0.25, 0.3) is 0 Å². The Labute approximate surface area is 155 Å². The number of rotatable bonds is 7. The minimum Gasteiger partial charge on any atom is -0.497 e.